The van der Waals surface area contributed by atoms with Gasteiger partial charge < -0.3 is 10.3 Å². The molecule has 3 heteroatoms. The van der Waals surface area contributed by atoms with E-state index in [2.05, 4.69) is 39.5 Å². The van der Waals surface area contributed by atoms with E-state index in [1.807, 2.05) is 6.20 Å². The average Bonchev–Trinajstić information content (AvgIpc) is 2.80. The molecular formula is C13H17N3. The third kappa shape index (κ3) is 1.84. The summed E-state index contributed by atoms with van der Waals surface area (Å²) in [7, 11) is 0. The van der Waals surface area contributed by atoms with E-state index in [1.165, 1.54) is 16.5 Å². The minimum Gasteiger partial charge on any atom is -0.361 e. The van der Waals surface area contributed by atoms with Crippen LogP contribution in [0.3, 0.4) is 0 Å². The Labute approximate surface area is 95.5 Å². The second-order valence-corrected chi connectivity index (χ2v) is 4.39. The van der Waals surface area contributed by atoms with Crippen molar-refractivity contribution in [1.29, 1.82) is 0 Å². The standard InChI is InChI=1S/C13H17N3/c1-2-11-4-5-15-13(11)12(3-1)10-16-8-6-14-7-9-16/h1-5,14-15H,6-10H2. The fourth-order valence-electron chi connectivity index (χ4n) is 2.39. The van der Waals surface area contributed by atoms with Gasteiger partial charge in [0.15, 0.2) is 0 Å². The third-order valence-electron chi connectivity index (χ3n) is 3.28. The van der Waals surface area contributed by atoms with Crippen LogP contribution in [0.1, 0.15) is 5.56 Å². The summed E-state index contributed by atoms with van der Waals surface area (Å²) >= 11 is 0. The molecule has 1 saturated heterocycles. The number of benzene rings is 1. The maximum atomic E-state index is 3.38. The first-order valence-corrected chi connectivity index (χ1v) is 5.91. The van der Waals surface area contributed by atoms with Crippen LogP contribution >= 0.6 is 0 Å². The van der Waals surface area contributed by atoms with Gasteiger partial charge in [-0.2, -0.15) is 0 Å². The van der Waals surface area contributed by atoms with Gasteiger partial charge in [-0.15, -0.1) is 0 Å². The van der Waals surface area contributed by atoms with Crippen molar-refractivity contribution >= 4 is 10.9 Å². The normalized spacial score (nSPS) is 18.0. The van der Waals surface area contributed by atoms with Crippen LogP contribution in [0.4, 0.5) is 0 Å². The first kappa shape index (κ1) is 9.87. The lowest BCUT2D eigenvalue weighted by Gasteiger charge is -2.27. The van der Waals surface area contributed by atoms with Crippen molar-refractivity contribution in [3.05, 3.63) is 36.0 Å². The highest BCUT2D eigenvalue weighted by Crippen LogP contribution is 2.18. The van der Waals surface area contributed by atoms with E-state index in [1.54, 1.807) is 0 Å². The lowest BCUT2D eigenvalue weighted by molar-refractivity contribution is 0.234. The molecule has 16 heavy (non-hydrogen) atoms. The Kier molecular flexibility index (Phi) is 2.64. The lowest BCUT2D eigenvalue weighted by atomic mass is 10.1. The highest BCUT2D eigenvalue weighted by atomic mass is 15.2. The number of nitrogens with one attached hydrogen (secondary N) is 2. The highest BCUT2D eigenvalue weighted by Gasteiger charge is 2.11. The van der Waals surface area contributed by atoms with Gasteiger partial charge >= 0.3 is 0 Å². The molecule has 1 aliphatic rings. The zero-order valence-corrected chi connectivity index (χ0v) is 9.37. The number of para-hydroxylation sites is 1. The van der Waals surface area contributed by atoms with E-state index in [4.69, 9.17) is 0 Å². The minimum atomic E-state index is 1.06. The average molecular weight is 215 g/mol. The van der Waals surface area contributed by atoms with Gasteiger partial charge in [0, 0.05) is 44.4 Å². The SMILES string of the molecule is c1cc(CN2CCNCC2)c2[nH]ccc2c1. The molecule has 0 atom stereocenters. The van der Waals surface area contributed by atoms with E-state index in [0.717, 1.165) is 32.7 Å². The van der Waals surface area contributed by atoms with Crippen molar-refractivity contribution in [3.63, 3.8) is 0 Å². The van der Waals surface area contributed by atoms with Crippen LogP contribution in [0.5, 0.6) is 0 Å². The number of aromatic amines is 1. The number of rotatable bonds is 2. The molecule has 0 bridgehead atoms. The maximum absolute atomic E-state index is 3.38. The van der Waals surface area contributed by atoms with E-state index in [9.17, 15) is 0 Å². The molecule has 0 aliphatic carbocycles. The van der Waals surface area contributed by atoms with E-state index in [-0.39, 0.29) is 0 Å². The number of hydrogen-bond donors (Lipinski definition) is 2. The van der Waals surface area contributed by atoms with Crippen molar-refractivity contribution in [2.45, 2.75) is 6.54 Å². The molecule has 1 aromatic heterocycles. The summed E-state index contributed by atoms with van der Waals surface area (Å²) in [5, 5.41) is 4.70. The molecule has 3 rings (SSSR count). The molecule has 2 heterocycles. The smallest absolute Gasteiger partial charge is 0.0499 e. The van der Waals surface area contributed by atoms with Crippen LogP contribution in [0, 0.1) is 0 Å². The van der Waals surface area contributed by atoms with Gasteiger partial charge in [-0.1, -0.05) is 18.2 Å². The molecule has 1 aromatic carbocycles. The van der Waals surface area contributed by atoms with Gasteiger partial charge in [-0.05, 0) is 17.0 Å². The Balaban J connectivity index is 1.85. The van der Waals surface area contributed by atoms with E-state index < -0.39 is 0 Å². The van der Waals surface area contributed by atoms with Crippen LogP contribution in [0.2, 0.25) is 0 Å². The molecule has 0 radical (unpaired) electrons. The van der Waals surface area contributed by atoms with Crippen LogP contribution in [0.25, 0.3) is 10.9 Å². The largest absolute Gasteiger partial charge is 0.361 e. The number of piperazine rings is 1. The second-order valence-electron chi connectivity index (χ2n) is 4.39. The van der Waals surface area contributed by atoms with E-state index in [0.29, 0.717) is 0 Å². The highest BCUT2D eigenvalue weighted by molar-refractivity contribution is 5.82. The predicted octanol–water partition coefficient (Wildman–Crippen LogP) is 1.57. The van der Waals surface area contributed by atoms with Crippen LogP contribution in [0.15, 0.2) is 30.5 Å². The first-order valence-electron chi connectivity index (χ1n) is 5.91. The Bertz CT molecular complexity index is 469. The molecular weight excluding hydrogens is 198 g/mol. The lowest BCUT2D eigenvalue weighted by Crippen LogP contribution is -2.42. The van der Waals surface area contributed by atoms with Crippen molar-refractivity contribution in [1.82, 2.24) is 15.2 Å². The Morgan fingerprint density at radius 3 is 2.88 bits per heavy atom. The van der Waals surface area contributed by atoms with Gasteiger partial charge in [0.1, 0.15) is 0 Å². The molecule has 1 fully saturated rings. The van der Waals surface area contributed by atoms with Gasteiger partial charge in [0.2, 0.25) is 0 Å². The summed E-state index contributed by atoms with van der Waals surface area (Å²) in [6, 6.07) is 8.66. The molecule has 0 unspecified atom stereocenters. The fourth-order valence-corrected chi connectivity index (χ4v) is 2.39. The summed E-state index contributed by atoms with van der Waals surface area (Å²) in [5.74, 6) is 0. The molecule has 84 valence electrons. The van der Waals surface area contributed by atoms with Gasteiger partial charge in [0.05, 0.1) is 0 Å². The molecule has 0 saturated carbocycles. The molecule has 2 N–H and O–H groups in total. The Hall–Kier alpha value is -1.32. The van der Waals surface area contributed by atoms with Gasteiger partial charge in [0.25, 0.3) is 0 Å². The summed E-state index contributed by atoms with van der Waals surface area (Å²) in [6.07, 6.45) is 2.02. The summed E-state index contributed by atoms with van der Waals surface area (Å²) < 4.78 is 0. The predicted molar refractivity (Wildman–Crippen MR) is 66.4 cm³/mol. The second kappa shape index (κ2) is 4.28. The van der Waals surface area contributed by atoms with Crippen molar-refractivity contribution in [2.75, 3.05) is 26.2 Å². The van der Waals surface area contributed by atoms with Crippen LogP contribution < -0.4 is 5.32 Å². The number of nitrogens with zero attached hydrogens (tertiary/aromatic N) is 1. The van der Waals surface area contributed by atoms with Crippen molar-refractivity contribution in [2.24, 2.45) is 0 Å². The molecule has 1 aliphatic heterocycles. The maximum Gasteiger partial charge on any atom is 0.0499 e. The fraction of sp³-hybridized carbons (Fsp3) is 0.385. The number of aromatic nitrogens is 1. The zero-order chi connectivity index (χ0) is 10.8. The number of fused-ring (bicyclic) bond motifs is 1. The summed E-state index contributed by atoms with van der Waals surface area (Å²) in [6.45, 7) is 5.58. The quantitative estimate of drug-likeness (QED) is 0.797. The molecule has 2 aromatic rings. The monoisotopic (exact) mass is 215 g/mol. The van der Waals surface area contributed by atoms with Crippen LogP contribution in [-0.4, -0.2) is 36.1 Å². The van der Waals surface area contributed by atoms with Crippen LogP contribution in [-0.2, 0) is 6.54 Å². The van der Waals surface area contributed by atoms with E-state index >= 15 is 0 Å². The Morgan fingerprint density at radius 2 is 2.00 bits per heavy atom. The summed E-state index contributed by atoms with van der Waals surface area (Å²) in [5.41, 5.74) is 2.70. The minimum absolute atomic E-state index is 1.06. The third-order valence-corrected chi connectivity index (χ3v) is 3.28. The van der Waals surface area contributed by atoms with Crippen molar-refractivity contribution < 1.29 is 0 Å². The van der Waals surface area contributed by atoms with Crippen molar-refractivity contribution in [3.8, 4) is 0 Å². The summed E-state index contributed by atoms with van der Waals surface area (Å²) in [4.78, 5) is 5.84. The topological polar surface area (TPSA) is 31.1 Å². The Morgan fingerprint density at radius 1 is 1.12 bits per heavy atom. The molecule has 3 nitrogen and oxygen atoms in total. The van der Waals surface area contributed by atoms with Gasteiger partial charge in [-0.3, -0.25) is 4.90 Å². The number of hydrogen-bond acceptors (Lipinski definition) is 2. The number of H-pyrrole nitrogens is 1. The molecule has 0 amide bonds. The first-order chi connectivity index (χ1) is 7.93. The van der Waals surface area contributed by atoms with Gasteiger partial charge in [-0.25, -0.2) is 0 Å². The molecule has 0 spiro atoms. The zero-order valence-electron chi connectivity index (χ0n) is 9.37.